The van der Waals surface area contributed by atoms with Gasteiger partial charge in [0, 0.05) is 18.7 Å². The van der Waals surface area contributed by atoms with Crippen LogP contribution in [0.1, 0.15) is 52.2 Å². The quantitative estimate of drug-likeness (QED) is 0.929. The van der Waals surface area contributed by atoms with Crippen LogP contribution >= 0.6 is 0 Å². The number of hydrogen-bond donors (Lipinski definition) is 1. The molecule has 0 unspecified atom stereocenters. The van der Waals surface area contributed by atoms with Crippen LogP contribution in [0.3, 0.4) is 0 Å². The van der Waals surface area contributed by atoms with Crippen molar-refractivity contribution in [3.63, 3.8) is 0 Å². The van der Waals surface area contributed by atoms with E-state index < -0.39 is 0 Å². The predicted octanol–water partition coefficient (Wildman–Crippen LogP) is 2.75. The first-order valence-electron chi connectivity index (χ1n) is 9.20. The highest BCUT2D eigenvalue weighted by Crippen LogP contribution is 2.28. The lowest BCUT2D eigenvalue weighted by Crippen LogP contribution is -2.29. The highest BCUT2D eigenvalue weighted by molar-refractivity contribution is 5.93. The first kappa shape index (κ1) is 16.3. The summed E-state index contributed by atoms with van der Waals surface area (Å²) in [6.07, 6.45) is 6.02. The fourth-order valence-corrected chi connectivity index (χ4v) is 4.07. The van der Waals surface area contributed by atoms with E-state index in [4.69, 9.17) is 4.52 Å². The number of aliphatic hydroxyl groups is 1. The zero-order valence-electron chi connectivity index (χ0n) is 14.4. The second kappa shape index (κ2) is 7.00. The Bertz CT molecular complexity index is 768. The van der Waals surface area contributed by atoms with Crippen LogP contribution in [0, 0.1) is 5.92 Å². The summed E-state index contributed by atoms with van der Waals surface area (Å²) in [4.78, 5) is 14.8. The number of aliphatic hydroxyl groups excluding tert-OH is 1. The minimum atomic E-state index is 0.00209. The molecule has 2 aliphatic rings. The Hall–Kier alpha value is -2.14. The average Bonchev–Trinajstić information content (AvgIpc) is 3.28. The van der Waals surface area contributed by atoms with E-state index in [1.54, 1.807) is 0 Å². The van der Waals surface area contributed by atoms with Gasteiger partial charge in [-0.2, -0.15) is 0 Å². The lowest BCUT2D eigenvalue weighted by molar-refractivity contribution is 0.0744. The molecule has 1 aromatic heterocycles. The molecule has 0 bridgehead atoms. The number of carbonyl (C=O) groups is 1. The van der Waals surface area contributed by atoms with E-state index >= 15 is 0 Å². The minimum Gasteiger partial charge on any atom is -0.392 e. The normalized spacial score (nSPS) is 19.9. The molecule has 0 radical (unpaired) electrons. The number of likely N-dealkylation sites (tertiary alicyclic amines) is 1. The molecule has 1 N–H and O–H groups in total. The molecule has 1 saturated heterocycles. The van der Waals surface area contributed by atoms with E-state index in [0.717, 1.165) is 68.4 Å². The summed E-state index contributed by atoms with van der Waals surface area (Å²) < 4.78 is 5.41. The van der Waals surface area contributed by atoms with E-state index in [-0.39, 0.29) is 12.5 Å². The van der Waals surface area contributed by atoms with E-state index in [1.165, 1.54) is 5.56 Å². The van der Waals surface area contributed by atoms with Crippen LogP contribution in [0.2, 0.25) is 0 Å². The van der Waals surface area contributed by atoms with Crippen molar-refractivity contribution in [2.75, 3.05) is 13.1 Å². The molecule has 1 aliphatic carbocycles. The van der Waals surface area contributed by atoms with Crippen molar-refractivity contribution >= 4 is 5.91 Å². The van der Waals surface area contributed by atoms with Crippen molar-refractivity contribution in [1.82, 2.24) is 10.1 Å². The summed E-state index contributed by atoms with van der Waals surface area (Å²) in [6.45, 7) is 1.61. The number of carbonyl (C=O) groups excluding carboxylic acids is 1. The van der Waals surface area contributed by atoms with Gasteiger partial charge in [-0.25, -0.2) is 0 Å². The third-order valence-corrected chi connectivity index (χ3v) is 5.43. The second-order valence-corrected chi connectivity index (χ2v) is 7.23. The van der Waals surface area contributed by atoms with Crippen LogP contribution in [0.15, 0.2) is 28.8 Å². The maximum atomic E-state index is 12.8. The van der Waals surface area contributed by atoms with E-state index in [2.05, 4.69) is 17.3 Å². The number of aromatic nitrogens is 1. The number of aryl methyl sites for hydroxylation is 1. The average molecular weight is 340 g/mol. The van der Waals surface area contributed by atoms with Crippen LogP contribution in [0.4, 0.5) is 0 Å². The highest BCUT2D eigenvalue weighted by atomic mass is 16.5. The van der Waals surface area contributed by atoms with Crippen LogP contribution in [0.5, 0.6) is 0 Å². The number of hydrogen-bond acceptors (Lipinski definition) is 4. The number of fused-ring (bicyclic) bond motifs is 1. The summed E-state index contributed by atoms with van der Waals surface area (Å²) >= 11 is 0. The van der Waals surface area contributed by atoms with Gasteiger partial charge in [0.1, 0.15) is 0 Å². The van der Waals surface area contributed by atoms with Gasteiger partial charge < -0.3 is 14.5 Å². The van der Waals surface area contributed by atoms with Crippen molar-refractivity contribution in [1.29, 1.82) is 0 Å². The van der Waals surface area contributed by atoms with Crippen molar-refractivity contribution < 1.29 is 14.4 Å². The Morgan fingerprint density at radius 3 is 3.00 bits per heavy atom. The van der Waals surface area contributed by atoms with Crippen molar-refractivity contribution in [2.45, 2.75) is 45.1 Å². The van der Waals surface area contributed by atoms with Gasteiger partial charge in [-0.3, -0.25) is 4.79 Å². The third kappa shape index (κ3) is 3.33. The summed E-state index contributed by atoms with van der Waals surface area (Å²) in [5.74, 6) is 0.927. The molecule has 1 aliphatic heterocycles. The van der Waals surface area contributed by atoms with Crippen LogP contribution in [0.25, 0.3) is 0 Å². The van der Waals surface area contributed by atoms with E-state index in [1.807, 2.05) is 17.0 Å². The summed E-state index contributed by atoms with van der Waals surface area (Å²) in [7, 11) is 0. The molecule has 0 saturated carbocycles. The summed E-state index contributed by atoms with van der Waals surface area (Å²) in [5.41, 5.74) is 4.18. The first-order valence-corrected chi connectivity index (χ1v) is 9.20. The molecule has 5 nitrogen and oxygen atoms in total. The standard InChI is InChI=1S/C20H24N2O3/c23-13-16-5-3-4-14(11-16)10-15-8-9-22(12-15)20(24)19-17-6-1-2-7-18(17)21-25-19/h3-5,11,15,23H,1-2,6-10,12-13H2/t15-/m1/s1. The van der Waals surface area contributed by atoms with Gasteiger partial charge in [-0.05, 0) is 55.6 Å². The highest BCUT2D eigenvalue weighted by Gasteiger charge is 2.32. The Morgan fingerprint density at radius 1 is 1.28 bits per heavy atom. The molecule has 4 rings (SSSR count). The van der Waals surface area contributed by atoms with Gasteiger partial charge in [0.15, 0.2) is 0 Å². The molecular weight excluding hydrogens is 316 g/mol. The van der Waals surface area contributed by atoms with Gasteiger partial charge in [-0.1, -0.05) is 29.4 Å². The molecule has 132 valence electrons. The van der Waals surface area contributed by atoms with Crippen LogP contribution in [-0.2, 0) is 25.9 Å². The smallest absolute Gasteiger partial charge is 0.292 e. The number of nitrogens with zero attached hydrogens (tertiary/aromatic N) is 2. The Morgan fingerprint density at radius 2 is 2.12 bits per heavy atom. The first-order chi connectivity index (χ1) is 12.2. The second-order valence-electron chi connectivity index (χ2n) is 7.23. The molecule has 5 heteroatoms. The molecule has 25 heavy (non-hydrogen) atoms. The summed E-state index contributed by atoms with van der Waals surface area (Å²) in [5, 5.41) is 13.4. The molecule has 1 amide bonds. The summed E-state index contributed by atoms with van der Waals surface area (Å²) in [6, 6.07) is 8.06. The molecular formula is C20H24N2O3. The molecule has 1 fully saturated rings. The zero-order valence-corrected chi connectivity index (χ0v) is 14.4. The van der Waals surface area contributed by atoms with E-state index in [0.29, 0.717) is 11.7 Å². The Balaban J connectivity index is 1.42. The lowest BCUT2D eigenvalue weighted by atomic mass is 9.96. The molecule has 2 aromatic rings. The largest absolute Gasteiger partial charge is 0.392 e. The fraction of sp³-hybridized carbons (Fsp3) is 0.500. The van der Waals surface area contributed by atoms with E-state index in [9.17, 15) is 9.90 Å². The number of benzene rings is 1. The molecule has 2 heterocycles. The van der Waals surface area contributed by atoms with Crippen molar-refractivity contribution in [3.8, 4) is 0 Å². The molecule has 1 aromatic carbocycles. The number of amides is 1. The number of rotatable bonds is 4. The van der Waals surface area contributed by atoms with Gasteiger partial charge in [-0.15, -0.1) is 0 Å². The van der Waals surface area contributed by atoms with Gasteiger partial charge in [0.05, 0.1) is 12.3 Å². The molecule has 1 atom stereocenters. The van der Waals surface area contributed by atoms with Gasteiger partial charge in [0.25, 0.3) is 5.91 Å². The Labute approximate surface area is 147 Å². The lowest BCUT2D eigenvalue weighted by Gasteiger charge is -2.16. The third-order valence-electron chi connectivity index (χ3n) is 5.43. The minimum absolute atomic E-state index is 0.00209. The van der Waals surface area contributed by atoms with Crippen molar-refractivity contribution in [2.24, 2.45) is 5.92 Å². The fourth-order valence-electron chi connectivity index (χ4n) is 4.07. The predicted molar refractivity (Wildman–Crippen MR) is 93.2 cm³/mol. The topological polar surface area (TPSA) is 66.6 Å². The Kier molecular flexibility index (Phi) is 4.57. The van der Waals surface area contributed by atoms with Crippen LogP contribution in [-0.4, -0.2) is 34.2 Å². The zero-order chi connectivity index (χ0) is 17.2. The monoisotopic (exact) mass is 340 g/mol. The SMILES string of the molecule is O=C(c1onc2c1CCCC2)N1CC[C@H](Cc2cccc(CO)c2)C1. The maximum absolute atomic E-state index is 12.8. The van der Waals surface area contributed by atoms with Gasteiger partial charge in [0.2, 0.25) is 5.76 Å². The van der Waals surface area contributed by atoms with Crippen molar-refractivity contribution in [3.05, 3.63) is 52.4 Å². The maximum Gasteiger partial charge on any atom is 0.292 e. The van der Waals surface area contributed by atoms with Crippen LogP contribution < -0.4 is 0 Å². The molecule has 0 spiro atoms. The van der Waals surface area contributed by atoms with Gasteiger partial charge >= 0.3 is 0 Å².